The zero-order valence-corrected chi connectivity index (χ0v) is 9.66. The van der Waals surface area contributed by atoms with Crippen molar-refractivity contribution in [1.82, 2.24) is 0 Å². The molecule has 2 atom stereocenters. The highest BCUT2D eigenvalue weighted by molar-refractivity contribution is 5.25. The Morgan fingerprint density at radius 1 is 1.36 bits per heavy atom. The van der Waals surface area contributed by atoms with Crippen molar-refractivity contribution in [1.29, 1.82) is 0 Å². The normalized spacial score (nSPS) is 26.8. The molecule has 0 radical (unpaired) electrons. The van der Waals surface area contributed by atoms with Crippen molar-refractivity contribution in [3.63, 3.8) is 0 Å². The minimum absolute atomic E-state index is 0.574. The summed E-state index contributed by atoms with van der Waals surface area (Å²) >= 11 is 0. The highest BCUT2D eigenvalue weighted by atomic mass is 14.6. The summed E-state index contributed by atoms with van der Waals surface area (Å²) in [5.74, 6) is 1.92. The standard InChI is InChI=1S/C13H23N/c1-4-11(5-2)12-8-6-7-10(3)13(12)9-14/h6-8,10-11,13H,4-5,9,14H2,1-3H3/t10-,13?/m0/s1. The fourth-order valence-electron chi connectivity index (χ4n) is 2.45. The van der Waals surface area contributed by atoms with E-state index in [0.717, 1.165) is 12.5 Å². The average molecular weight is 193 g/mol. The lowest BCUT2D eigenvalue weighted by atomic mass is 9.76. The second kappa shape index (κ2) is 5.35. The summed E-state index contributed by atoms with van der Waals surface area (Å²) < 4.78 is 0. The zero-order chi connectivity index (χ0) is 10.6. The van der Waals surface area contributed by atoms with Crippen LogP contribution in [0.25, 0.3) is 0 Å². The molecule has 0 saturated heterocycles. The van der Waals surface area contributed by atoms with Gasteiger partial charge in [-0.15, -0.1) is 0 Å². The van der Waals surface area contributed by atoms with Gasteiger partial charge in [-0.3, -0.25) is 0 Å². The molecule has 1 aliphatic carbocycles. The Bertz CT molecular complexity index is 223. The Balaban J connectivity index is 2.82. The molecule has 80 valence electrons. The number of allylic oxidation sites excluding steroid dienone is 3. The van der Waals surface area contributed by atoms with Crippen molar-refractivity contribution >= 4 is 0 Å². The maximum atomic E-state index is 5.86. The summed E-state index contributed by atoms with van der Waals surface area (Å²) in [6, 6.07) is 0. The van der Waals surface area contributed by atoms with Gasteiger partial charge in [0.05, 0.1) is 0 Å². The largest absolute Gasteiger partial charge is 0.330 e. The maximum Gasteiger partial charge on any atom is -0.000570 e. The highest BCUT2D eigenvalue weighted by Crippen LogP contribution is 2.33. The third kappa shape index (κ3) is 2.27. The fourth-order valence-corrected chi connectivity index (χ4v) is 2.45. The molecular weight excluding hydrogens is 170 g/mol. The number of nitrogens with two attached hydrogens (primary N) is 1. The Morgan fingerprint density at radius 2 is 2.00 bits per heavy atom. The van der Waals surface area contributed by atoms with Gasteiger partial charge in [0, 0.05) is 0 Å². The molecule has 0 amide bonds. The molecule has 0 aromatic rings. The van der Waals surface area contributed by atoms with Gasteiger partial charge in [0.1, 0.15) is 0 Å². The van der Waals surface area contributed by atoms with Crippen molar-refractivity contribution in [2.24, 2.45) is 23.5 Å². The molecule has 0 saturated carbocycles. The molecule has 14 heavy (non-hydrogen) atoms. The van der Waals surface area contributed by atoms with Crippen molar-refractivity contribution in [2.75, 3.05) is 6.54 Å². The summed E-state index contributed by atoms with van der Waals surface area (Å²) in [6.07, 6.45) is 9.22. The van der Waals surface area contributed by atoms with Gasteiger partial charge in [0.2, 0.25) is 0 Å². The number of rotatable bonds is 4. The Kier molecular flexibility index (Phi) is 4.40. The van der Waals surface area contributed by atoms with Gasteiger partial charge in [-0.1, -0.05) is 44.6 Å². The second-order valence-corrected chi connectivity index (χ2v) is 4.27. The van der Waals surface area contributed by atoms with Gasteiger partial charge in [-0.25, -0.2) is 0 Å². The minimum atomic E-state index is 0.574. The zero-order valence-electron chi connectivity index (χ0n) is 9.66. The van der Waals surface area contributed by atoms with Gasteiger partial charge >= 0.3 is 0 Å². The van der Waals surface area contributed by atoms with Crippen molar-refractivity contribution in [3.8, 4) is 0 Å². The van der Waals surface area contributed by atoms with Crippen molar-refractivity contribution in [3.05, 3.63) is 23.8 Å². The maximum absolute atomic E-state index is 5.86. The van der Waals surface area contributed by atoms with Crippen LogP contribution < -0.4 is 5.73 Å². The topological polar surface area (TPSA) is 26.0 Å². The van der Waals surface area contributed by atoms with Crippen LogP contribution in [0.4, 0.5) is 0 Å². The van der Waals surface area contributed by atoms with E-state index in [0.29, 0.717) is 11.8 Å². The lowest BCUT2D eigenvalue weighted by Crippen LogP contribution is -2.27. The fraction of sp³-hybridized carbons (Fsp3) is 0.692. The van der Waals surface area contributed by atoms with Crippen LogP contribution >= 0.6 is 0 Å². The lowest BCUT2D eigenvalue weighted by molar-refractivity contribution is 0.414. The predicted molar refractivity (Wildman–Crippen MR) is 63.0 cm³/mol. The SMILES string of the molecule is CCC(CC)C1=CC=C[C@H](C)C1CN. The smallest absolute Gasteiger partial charge is 0.000570 e. The van der Waals surface area contributed by atoms with E-state index in [1.54, 1.807) is 5.57 Å². The molecule has 0 bridgehead atoms. The summed E-state index contributed by atoms with van der Waals surface area (Å²) in [5.41, 5.74) is 7.43. The summed E-state index contributed by atoms with van der Waals surface area (Å²) in [6.45, 7) is 7.59. The molecule has 1 heteroatoms. The molecule has 1 aliphatic rings. The van der Waals surface area contributed by atoms with E-state index in [1.807, 2.05) is 0 Å². The molecule has 0 aliphatic heterocycles. The minimum Gasteiger partial charge on any atom is -0.330 e. The molecule has 1 unspecified atom stereocenters. The Hall–Kier alpha value is -0.560. The van der Waals surface area contributed by atoms with Crippen LogP contribution in [0.15, 0.2) is 23.8 Å². The van der Waals surface area contributed by atoms with Crippen molar-refractivity contribution in [2.45, 2.75) is 33.6 Å². The quantitative estimate of drug-likeness (QED) is 0.729. The first-order valence-electron chi connectivity index (χ1n) is 5.82. The molecule has 1 nitrogen and oxygen atoms in total. The van der Waals surface area contributed by atoms with E-state index in [2.05, 4.69) is 39.0 Å². The van der Waals surface area contributed by atoms with Gasteiger partial charge in [0.15, 0.2) is 0 Å². The van der Waals surface area contributed by atoms with Gasteiger partial charge in [-0.05, 0) is 37.1 Å². The van der Waals surface area contributed by atoms with Crippen LogP contribution in [0.2, 0.25) is 0 Å². The van der Waals surface area contributed by atoms with E-state index in [1.165, 1.54) is 12.8 Å². The lowest BCUT2D eigenvalue weighted by Gasteiger charge is -2.30. The average Bonchev–Trinajstić information content (AvgIpc) is 2.20. The van der Waals surface area contributed by atoms with Gasteiger partial charge < -0.3 is 5.73 Å². The van der Waals surface area contributed by atoms with Crippen LogP contribution in [0.5, 0.6) is 0 Å². The molecule has 0 fully saturated rings. The van der Waals surface area contributed by atoms with E-state index in [9.17, 15) is 0 Å². The molecule has 1 rings (SSSR count). The highest BCUT2D eigenvalue weighted by Gasteiger charge is 2.24. The van der Waals surface area contributed by atoms with Crippen LogP contribution in [-0.4, -0.2) is 6.54 Å². The summed E-state index contributed by atoms with van der Waals surface area (Å²) in [4.78, 5) is 0. The summed E-state index contributed by atoms with van der Waals surface area (Å²) in [5, 5.41) is 0. The van der Waals surface area contributed by atoms with E-state index >= 15 is 0 Å². The molecule has 0 spiro atoms. The van der Waals surface area contributed by atoms with E-state index in [-0.39, 0.29) is 0 Å². The molecule has 0 heterocycles. The number of hydrogen-bond donors (Lipinski definition) is 1. The molecular formula is C13H23N. The monoisotopic (exact) mass is 193 g/mol. The Morgan fingerprint density at radius 3 is 2.50 bits per heavy atom. The third-order valence-corrected chi connectivity index (χ3v) is 3.48. The first-order valence-corrected chi connectivity index (χ1v) is 5.82. The molecule has 0 aromatic heterocycles. The van der Waals surface area contributed by atoms with Gasteiger partial charge in [0.25, 0.3) is 0 Å². The van der Waals surface area contributed by atoms with E-state index < -0.39 is 0 Å². The predicted octanol–water partition coefficient (Wildman–Crippen LogP) is 3.13. The molecule has 2 N–H and O–H groups in total. The first-order chi connectivity index (χ1) is 6.74. The van der Waals surface area contributed by atoms with Gasteiger partial charge in [-0.2, -0.15) is 0 Å². The second-order valence-electron chi connectivity index (χ2n) is 4.27. The third-order valence-electron chi connectivity index (χ3n) is 3.48. The van der Waals surface area contributed by atoms with Crippen LogP contribution in [0.1, 0.15) is 33.6 Å². The Labute approximate surface area is 88.1 Å². The summed E-state index contributed by atoms with van der Waals surface area (Å²) in [7, 11) is 0. The van der Waals surface area contributed by atoms with E-state index in [4.69, 9.17) is 5.73 Å². The molecule has 0 aromatic carbocycles. The first kappa shape index (κ1) is 11.5. The van der Waals surface area contributed by atoms with Crippen LogP contribution in [-0.2, 0) is 0 Å². The number of hydrogen-bond acceptors (Lipinski definition) is 1. The van der Waals surface area contributed by atoms with Crippen molar-refractivity contribution < 1.29 is 0 Å². The van der Waals surface area contributed by atoms with Crippen LogP contribution in [0, 0.1) is 17.8 Å². The van der Waals surface area contributed by atoms with Crippen LogP contribution in [0.3, 0.4) is 0 Å².